The van der Waals surface area contributed by atoms with E-state index >= 15 is 0 Å². The Morgan fingerprint density at radius 1 is 0.457 bits per heavy atom. The van der Waals surface area contributed by atoms with Gasteiger partial charge in [-0.1, -0.05) is 176 Å². The SMILES string of the molecule is c1ccc([C@H]2N=C(c3ccccc3P(c3ccccc3)c3ccccc3)N(c3ccc4ccccc4c3)[C@@H]2c2ccccc2)cc1. The minimum atomic E-state index is -0.844. The number of hydrogen-bond acceptors (Lipinski definition) is 2. The van der Waals surface area contributed by atoms with E-state index in [2.05, 4.69) is 193 Å². The summed E-state index contributed by atoms with van der Waals surface area (Å²) in [5, 5.41) is 6.41. The van der Waals surface area contributed by atoms with E-state index < -0.39 is 7.92 Å². The molecule has 1 heterocycles. The van der Waals surface area contributed by atoms with Crippen LogP contribution in [-0.2, 0) is 0 Å². The van der Waals surface area contributed by atoms with Crippen molar-refractivity contribution in [2.24, 2.45) is 4.99 Å². The molecule has 1 aliphatic rings. The third-order valence-corrected chi connectivity index (χ3v) is 11.3. The number of benzene rings is 7. The van der Waals surface area contributed by atoms with Crippen molar-refractivity contribution >= 4 is 46.1 Å². The van der Waals surface area contributed by atoms with Crippen molar-refractivity contribution in [2.45, 2.75) is 12.1 Å². The Balaban J connectivity index is 1.38. The molecule has 2 nitrogen and oxygen atoms in total. The van der Waals surface area contributed by atoms with Gasteiger partial charge in [0.2, 0.25) is 0 Å². The molecule has 220 valence electrons. The van der Waals surface area contributed by atoms with Crippen molar-refractivity contribution in [1.82, 2.24) is 0 Å². The molecule has 7 aromatic carbocycles. The molecule has 1 aliphatic heterocycles. The summed E-state index contributed by atoms with van der Waals surface area (Å²) < 4.78 is 0. The molecule has 0 saturated carbocycles. The van der Waals surface area contributed by atoms with E-state index in [1.807, 2.05) is 0 Å². The summed E-state index contributed by atoms with van der Waals surface area (Å²) in [6.45, 7) is 0. The number of anilines is 1. The maximum atomic E-state index is 5.71. The summed E-state index contributed by atoms with van der Waals surface area (Å²) in [4.78, 5) is 8.21. The zero-order chi connectivity index (χ0) is 30.7. The van der Waals surface area contributed by atoms with Crippen molar-refractivity contribution in [3.8, 4) is 0 Å². The van der Waals surface area contributed by atoms with Gasteiger partial charge in [0.15, 0.2) is 0 Å². The van der Waals surface area contributed by atoms with Gasteiger partial charge in [0.1, 0.15) is 11.9 Å². The first-order chi connectivity index (χ1) is 22.8. The molecule has 0 amide bonds. The largest absolute Gasteiger partial charge is 0.316 e. The Morgan fingerprint density at radius 2 is 0.978 bits per heavy atom. The Bertz CT molecular complexity index is 2070. The van der Waals surface area contributed by atoms with E-state index in [0.717, 1.165) is 11.5 Å². The smallest absolute Gasteiger partial charge is 0.137 e. The molecule has 0 fully saturated rings. The summed E-state index contributed by atoms with van der Waals surface area (Å²) in [5.41, 5.74) is 4.77. The number of amidine groups is 1. The first kappa shape index (κ1) is 28.2. The number of hydrogen-bond donors (Lipinski definition) is 0. The van der Waals surface area contributed by atoms with Crippen LogP contribution in [0.2, 0.25) is 0 Å². The van der Waals surface area contributed by atoms with Crippen molar-refractivity contribution < 1.29 is 0 Å². The van der Waals surface area contributed by atoms with E-state index in [1.165, 1.54) is 43.4 Å². The van der Waals surface area contributed by atoms with Crippen LogP contribution in [0.25, 0.3) is 10.8 Å². The zero-order valence-electron chi connectivity index (χ0n) is 25.4. The van der Waals surface area contributed by atoms with Crippen LogP contribution in [0.3, 0.4) is 0 Å². The minimum absolute atomic E-state index is 0.0208. The molecular formula is C43H33N2P. The fraction of sp³-hybridized carbons (Fsp3) is 0.0465. The predicted octanol–water partition coefficient (Wildman–Crippen LogP) is 9.35. The molecule has 0 radical (unpaired) electrons. The highest BCUT2D eigenvalue weighted by Gasteiger charge is 2.40. The van der Waals surface area contributed by atoms with E-state index in [1.54, 1.807) is 0 Å². The van der Waals surface area contributed by atoms with Crippen LogP contribution in [0.15, 0.2) is 193 Å². The molecule has 0 N–H and O–H groups in total. The van der Waals surface area contributed by atoms with Crippen LogP contribution in [0, 0.1) is 0 Å². The van der Waals surface area contributed by atoms with Gasteiger partial charge in [-0.3, -0.25) is 4.99 Å². The summed E-state index contributed by atoms with van der Waals surface area (Å²) in [5.74, 6) is 1.01. The third-order valence-electron chi connectivity index (χ3n) is 8.77. The van der Waals surface area contributed by atoms with Gasteiger partial charge in [0.25, 0.3) is 0 Å². The molecule has 3 heteroatoms. The van der Waals surface area contributed by atoms with E-state index in [-0.39, 0.29) is 12.1 Å². The fourth-order valence-corrected chi connectivity index (χ4v) is 9.12. The molecular weight excluding hydrogens is 575 g/mol. The lowest BCUT2D eigenvalue weighted by Gasteiger charge is -2.32. The highest BCUT2D eigenvalue weighted by Crippen LogP contribution is 2.47. The second-order valence-electron chi connectivity index (χ2n) is 11.6. The fourth-order valence-electron chi connectivity index (χ4n) is 6.67. The Labute approximate surface area is 272 Å². The number of aliphatic imine (C=N–C) groups is 1. The van der Waals surface area contributed by atoms with Crippen LogP contribution < -0.4 is 20.8 Å². The van der Waals surface area contributed by atoms with Gasteiger partial charge in [-0.25, -0.2) is 0 Å². The van der Waals surface area contributed by atoms with E-state index in [0.29, 0.717) is 0 Å². The lowest BCUT2D eigenvalue weighted by atomic mass is 9.93. The Hall–Kier alpha value is -5.30. The summed E-state index contributed by atoms with van der Waals surface area (Å²) >= 11 is 0. The topological polar surface area (TPSA) is 15.6 Å². The maximum Gasteiger partial charge on any atom is 0.137 e. The normalized spacial score (nSPS) is 16.1. The maximum absolute atomic E-state index is 5.71. The molecule has 0 saturated heterocycles. The second kappa shape index (κ2) is 12.6. The van der Waals surface area contributed by atoms with Crippen molar-refractivity contribution in [3.05, 3.63) is 205 Å². The van der Waals surface area contributed by atoms with Gasteiger partial charge in [0, 0.05) is 11.3 Å². The lowest BCUT2D eigenvalue weighted by Crippen LogP contribution is -2.35. The zero-order valence-corrected chi connectivity index (χ0v) is 26.3. The number of rotatable bonds is 7. The molecule has 0 spiro atoms. The predicted molar refractivity (Wildman–Crippen MR) is 196 cm³/mol. The summed E-state index contributed by atoms with van der Waals surface area (Å²) in [6.07, 6.45) is 0. The Morgan fingerprint density at radius 3 is 1.63 bits per heavy atom. The first-order valence-corrected chi connectivity index (χ1v) is 17.1. The standard InChI is InChI=1S/C43H33N2P/c1-5-18-33(19-6-1)41-42(34-20-7-2-8-21-34)45(36-30-29-32-17-13-14-22-35(32)31-36)43(44-41)39-27-15-16-28-40(39)46(37-23-9-3-10-24-37)38-25-11-4-12-26-38/h1-31,41-42H/t41-,42-/m1/s1. The van der Waals surface area contributed by atoms with Gasteiger partial charge in [-0.05, 0) is 57.9 Å². The van der Waals surface area contributed by atoms with Gasteiger partial charge in [-0.2, -0.15) is 0 Å². The van der Waals surface area contributed by atoms with Crippen molar-refractivity contribution in [2.75, 3.05) is 4.90 Å². The lowest BCUT2D eigenvalue weighted by molar-refractivity contribution is 0.612. The number of fused-ring (bicyclic) bond motifs is 1. The van der Waals surface area contributed by atoms with Crippen LogP contribution >= 0.6 is 7.92 Å². The van der Waals surface area contributed by atoms with Crippen LogP contribution in [0.1, 0.15) is 28.8 Å². The molecule has 0 unspecified atom stereocenters. The molecule has 0 aromatic heterocycles. The monoisotopic (exact) mass is 608 g/mol. The quantitative estimate of drug-likeness (QED) is 0.165. The van der Waals surface area contributed by atoms with Gasteiger partial charge >= 0.3 is 0 Å². The van der Waals surface area contributed by atoms with Gasteiger partial charge in [-0.15, -0.1) is 0 Å². The summed E-state index contributed by atoms with van der Waals surface area (Å²) in [7, 11) is -0.844. The molecule has 8 rings (SSSR count). The van der Waals surface area contributed by atoms with Gasteiger partial charge < -0.3 is 4.90 Å². The van der Waals surface area contributed by atoms with Gasteiger partial charge in [0.05, 0.1) is 6.04 Å². The average Bonchev–Trinajstić information content (AvgIpc) is 3.54. The highest BCUT2D eigenvalue weighted by molar-refractivity contribution is 7.80. The second-order valence-corrected chi connectivity index (χ2v) is 13.8. The minimum Gasteiger partial charge on any atom is -0.316 e. The highest BCUT2D eigenvalue weighted by atomic mass is 31.1. The van der Waals surface area contributed by atoms with Crippen molar-refractivity contribution in [1.29, 1.82) is 0 Å². The first-order valence-electron chi connectivity index (χ1n) is 15.8. The number of nitrogens with zero attached hydrogens (tertiary/aromatic N) is 2. The Kier molecular flexibility index (Phi) is 7.72. The molecule has 46 heavy (non-hydrogen) atoms. The summed E-state index contributed by atoms with van der Waals surface area (Å²) in [6, 6.07) is 67.9. The van der Waals surface area contributed by atoms with E-state index in [9.17, 15) is 0 Å². The molecule has 0 aliphatic carbocycles. The molecule has 0 bridgehead atoms. The third kappa shape index (κ3) is 5.32. The van der Waals surface area contributed by atoms with Crippen LogP contribution in [-0.4, -0.2) is 5.84 Å². The van der Waals surface area contributed by atoms with E-state index in [4.69, 9.17) is 4.99 Å². The van der Waals surface area contributed by atoms with Crippen LogP contribution in [0.4, 0.5) is 5.69 Å². The van der Waals surface area contributed by atoms with Crippen molar-refractivity contribution in [3.63, 3.8) is 0 Å². The molecule has 7 aromatic rings. The van der Waals surface area contributed by atoms with Crippen LogP contribution in [0.5, 0.6) is 0 Å². The average molecular weight is 609 g/mol. The molecule has 2 atom stereocenters.